The first-order valence-corrected chi connectivity index (χ1v) is 13.0. The number of anilines is 1. The van der Waals surface area contributed by atoms with Crippen LogP contribution in [0.15, 0.2) is 47.4 Å². The number of nitro groups is 1. The molecule has 0 spiro atoms. The van der Waals surface area contributed by atoms with Crippen LogP contribution >= 0.6 is 34.7 Å². The molecule has 1 saturated heterocycles. The van der Waals surface area contributed by atoms with Crippen molar-refractivity contribution < 1.29 is 13.3 Å². The Kier molecular flexibility index (Phi) is 7.15. The van der Waals surface area contributed by atoms with E-state index in [1.807, 2.05) is 29.2 Å². The van der Waals surface area contributed by atoms with E-state index >= 15 is 0 Å². The highest BCUT2D eigenvalue weighted by Gasteiger charge is 2.29. The van der Waals surface area contributed by atoms with E-state index in [-0.39, 0.29) is 16.5 Å². The summed E-state index contributed by atoms with van der Waals surface area (Å²) in [5, 5.41) is 12.5. The third-order valence-electron chi connectivity index (χ3n) is 5.21. The minimum absolute atomic E-state index is 0.105. The Morgan fingerprint density at radius 3 is 2.55 bits per heavy atom. The number of benzene rings is 2. The monoisotopic (exact) mass is 527 g/mol. The zero-order valence-electron chi connectivity index (χ0n) is 17.2. The van der Waals surface area contributed by atoms with Crippen LogP contribution in [-0.2, 0) is 16.4 Å². The van der Waals surface area contributed by atoms with Gasteiger partial charge in [0.2, 0.25) is 15.2 Å². The van der Waals surface area contributed by atoms with Crippen molar-refractivity contribution >= 4 is 55.6 Å². The van der Waals surface area contributed by atoms with Gasteiger partial charge in [0, 0.05) is 55.2 Å². The lowest BCUT2D eigenvalue weighted by atomic mass is 10.1. The van der Waals surface area contributed by atoms with Crippen molar-refractivity contribution in [2.24, 2.45) is 0 Å². The summed E-state index contributed by atoms with van der Waals surface area (Å²) in [6.45, 7) is 1.59. The van der Waals surface area contributed by atoms with Crippen LogP contribution in [0, 0.1) is 10.1 Å². The number of nitro benzene ring substituents is 1. The molecule has 0 unspecified atom stereocenters. The lowest BCUT2D eigenvalue weighted by molar-refractivity contribution is -0.384. The van der Waals surface area contributed by atoms with E-state index in [4.69, 9.17) is 23.2 Å². The summed E-state index contributed by atoms with van der Waals surface area (Å²) in [5.74, 6) is 0.694. The molecule has 1 aromatic heterocycles. The van der Waals surface area contributed by atoms with Crippen LogP contribution in [0.2, 0.25) is 10.0 Å². The van der Waals surface area contributed by atoms with Gasteiger partial charge in [-0.2, -0.15) is 8.68 Å². The third-order valence-corrected chi connectivity index (χ3v) is 8.49. The lowest BCUT2D eigenvalue weighted by Gasteiger charge is -2.21. The highest BCUT2D eigenvalue weighted by atomic mass is 35.5. The summed E-state index contributed by atoms with van der Waals surface area (Å²) < 4.78 is 32.0. The molecule has 2 aromatic carbocycles. The Bertz CT molecular complexity index is 1270. The Hall–Kier alpha value is -2.31. The summed E-state index contributed by atoms with van der Waals surface area (Å²) in [6, 6.07) is 11.0. The van der Waals surface area contributed by atoms with Crippen molar-refractivity contribution in [1.82, 2.24) is 13.7 Å². The van der Waals surface area contributed by atoms with Crippen LogP contribution in [0.4, 0.5) is 10.8 Å². The molecule has 0 saturated carbocycles. The van der Waals surface area contributed by atoms with Gasteiger partial charge < -0.3 is 4.90 Å². The maximum absolute atomic E-state index is 13.1. The molecule has 13 heteroatoms. The van der Waals surface area contributed by atoms with Gasteiger partial charge in [-0.1, -0.05) is 35.3 Å². The second-order valence-corrected chi connectivity index (χ2v) is 10.9. The Balaban J connectivity index is 1.45. The van der Waals surface area contributed by atoms with Crippen LogP contribution in [0.5, 0.6) is 0 Å². The van der Waals surface area contributed by atoms with Crippen molar-refractivity contribution in [3.05, 3.63) is 74.0 Å². The van der Waals surface area contributed by atoms with E-state index in [1.165, 1.54) is 28.0 Å². The quantitative estimate of drug-likeness (QED) is 0.348. The van der Waals surface area contributed by atoms with E-state index in [2.05, 4.69) is 9.36 Å². The predicted octanol–water partition coefficient (Wildman–Crippen LogP) is 4.24. The van der Waals surface area contributed by atoms with Crippen LogP contribution in [-0.4, -0.2) is 53.2 Å². The molecule has 2 heterocycles. The van der Waals surface area contributed by atoms with E-state index in [0.717, 1.165) is 16.8 Å². The molecule has 33 heavy (non-hydrogen) atoms. The topological polar surface area (TPSA) is 110 Å². The molecular weight excluding hydrogens is 509 g/mol. The Labute approximate surface area is 204 Å². The van der Waals surface area contributed by atoms with Crippen molar-refractivity contribution in [2.75, 3.05) is 31.1 Å². The van der Waals surface area contributed by atoms with Crippen molar-refractivity contribution in [1.29, 1.82) is 0 Å². The number of hydrogen-bond donors (Lipinski definition) is 0. The number of halogens is 2. The molecule has 0 radical (unpaired) electrons. The maximum Gasteiger partial charge on any atom is 0.289 e. The van der Waals surface area contributed by atoms with Crippen LogP contribution < -0.4 is 4.90 Å². The SMILES string of the molecule is O=[N+]([O-])c1cc(S(=O)(=O)N2CCCN(c3nc(Cc4ccc(Cl)cc4)ns3)CC2)ccc1Cl. The number of aromatic nitrogens is 2. The summed E-state index contributed by atoms with van der Waals surface area (Å²) >= 11 is 13.0. The number of nitrogens with zero attached hydrogens (tertiary/aromatic N) is 5. The zero-order chi connectivity index (χ0) is 23.6. The Morgan fingerprint density at radius 2 is 1.82 bits per heavy atom. The first kappa shape index (κ1) is 23.8. The molecule has 0 bridgehead atoms. The fraction of sp³-hybridized carbons (Fsp3) is 0.300. The van der Waals surface area contributed by atoms with Gasteiger partial charge in [-0.05, 0) is 36.2 Å². The van der Waals surface area contributed by atoms with Crippen LogP contribution in [0.1, 0.15) is 17.8 Å². The normalized spacial score (nSPS) is 15.4. The third kappa shape index (κ3) is 5.44. The van der Waals surface area contributed by atoms with E-state index < -0.39 is 20.6 Å². The molecule has 3 aromatic rings. The summed E-state index contributed by atoms with van der Waals surface area (Å²) in [4.78, 5) is 17.0. The molecule has 1 aliphatic heterocycles. The molecule has 1 fully saturated rings. The van der Waals surface area contributed by atoms with Gasteiger partial charge in [-0.3, -0.25) is 10.1 Å². The first-order valence-electron chi connectivity index (χ1n) is 10.00. The van der Waals surface area contributed by atoms with Crippen molar-refractivity contribution in [2.45, 2.75) is 17.7 Å². The fourth-order valence-electron chi connectivity index (χ4n) is 3.50. The predicted molar refractivity (Wildman–Crippen MR) is 128 cm³/mol. The largest absolute Gasteiger partial charge is 0.345 e. The molecule has 174 valence electrons. The first-order chi connectivity index (χ1) is 15.7. The minimum Gasteiger partial charge on any atom is -0.345 e. The van der Waals surface area contributed by atoms with E-state index in [9.17, 15) is 18.5 Å². The standard InChI is InChI=1S/C20H19Cl2N5O4S2/c21-15-4-2-14(3-5-15)12-19-23-20(32-24-19)25-8-1-9-26(11-10-25)33(30,31)16-6-7-17(22)18(13-16)27(28)29/h2-7,13H,1,8-12H2. The van der Waals surface area contributed by atoms with Gasteiger partial charge in [0.05, 0.1) is 9.82 Å². The van der Waals surface area contributed by atoms with Gasteiger partial charge in [0.25, 0.3) is 5.69 Å². The highest BCUT2D eigenvalue weighted by molar-refractivity contribution is 7.89. The summed E-state index contributed by atoms with van der Waals surface area (Å²) in [7, 11) is -3.90. The maximum atomic E-state index is 13.1. The molecule has 1 aliphatic rings. The van der Waals surface area contributed by atoms with Crippen LogP contribution in [0.25, 0.3) is 0 Å². The molecule has 4 rings (SSSR count). The molecule has 9 nitrogen and oxygen atoms in total. The van der Waals surface area contributed by atoms with Gasteiger partial charge in [-0.15, -0.1) is 0 Å². The van der Waals surface area contributed by atoms with Gasteiger partial charge in [-0.25, -0.2) is 13.4 Å². The minimum atomic E-state index is -3.90. The van der Waals surface area contributed by atoms with Crippen molar-refractivity contribution in [3.8, 4) is 0 Å². The van der Waals surface area contributed by atoms with E-state index in [0.29, 0.717) is 43.3 Å². The fourth-order valence-corrected chi connectivity index (χ4v) is 6.04. The van der Waals surface area contributed by atoms with Crippen molar-refractivity contribution in [3.63, 3.8) is 0 Å². The van der Waals surface area contributed by atoms with Crippen LogP contribution in [0.3, 0.4) is 0 Å². The number of sulfonamides is 1. The second-order valence-electron chi connectivity index (χ2n) is 7.41. The summed E-state index contributed by atoms with van der Waals surface area (Å²) in [5.41, 5.74) is 0.616. The average molecular weight is 528 g/mol. The number of rotatable bonds is 6. The lowest BCUT2D eigenvalue weighted by Crippen LogP contribution is -2.35. The molecule has 0 N–H and O–H groups in total. The summed E-state index contributed by atoms with van der Waals surface area (Å²) in [6.07, 6.45) is 1.17. The van der Waals surface area contributed by atoms with Gasteiger partial charge >= 0.3 is 0 Å². The molecule has 0 atom stereocenters. The van der Waals surface area contributed by atoms with E-state index in [1.54, 1.807) is 0 Å². The zero-order valence-corrected chi connectivity index (χ0v) is 20.4. The molecule has 0 aliphatic carbocycles. The molecule has 0 amide bonds. The second kappa shape index (κ2) is 9.90. The molecular formula is C20H19Cl2N5O4S2. The van der Waals surface area contributed by atoms with Gasteiger partial charge in [0.15, 0.2) is 0 Å². The van der Waals surface area contributed by atoms with Gasteiger partial charge in [0.1, 0.15) is 10.8 Å². The highest BCUT2D eigenvalue weighted by Crippen LogP contribution is 2.29. The average Bonchev–Trinajstić information content (AvgIpc) is 3.09. The smallest absolute Gasteiger partial charge is 0.289 e. The Morgan fingerprint density at radius 1 is 1.06 bits per heavy atom. The number of hydrogen-bond acceptors (Lipinski definition) is 8.